The predicted octanol–water partition coefficient (Wildman–Crippen LogP) is 3.60. The fourth-order valence-corrected chi connectivity index (χ4v) is 2.07. The Morgan fingerprint density at radius 1 is 1.25 bits per heavy atom. The molecule has 4 heteroatoms. The third kappa shape index (κ3) is 3.70. The average molecular weight is 271 g/mol. The summed E-state index contributed by atoms with van der Waals surface area (Å²) >= 11 is 0. The van der Waals surface area contributed by atoms with Crippen LogP contribution < -0.4 is 5.32 Å². The Hall–Kier alpha value is -2.10. The van der Waals surface area contributed by atoms with Crippen molar-refractivity contribution in [1.82, 2.24) is 9.78 Å². The molecular formula is C16H21N3O. The van der Waals surface area contributed by atoms with Crippen LogP contribution in [0.3, 0.4) is 0 Å². The Labute approximate surface area is 119 Å². The Morgan fingerprint density at radius 3 is 2.50 bits per heavy atom. The summed E-state index contributed by atoms with van der Waals surface area (Å²) < 4.78 is 1.79. The zero-order chi connectivity index (χ0) is 14.5. The number of rotatable bonds is 5. The summed E-state index contributed by atoms with van der Waals surface area (Å²) in [5.74, 6) is 0.505. The molecule has 106 valence electrons. The van der Waals surface area contributed by atoms with Crippen LogP contribution in [0.25, 0.3) is 0 Å². The fourth-order valence-electron chi connectivity index (χ4n) is 2.07. The van der Waals surface area contributed by atoms with E-state index < -0.39 is 0 Å². The van der Waals surface area contributed by atoms with Crippen molar-refractivity contribution in [2.24, 2.45) is 0 Å². The van der Waals surface area contributed by atoms with Gasteiger partial charge in [-0.1, -0.05) is 26.0 Å². The molecule has 1 aromatic carbocycles. The second-order valence-corrected chi connectivity index (χ2v) is 5.36. The SMILES string of the molecule is CC(C)c1ccc(NC(=O)C[C@@H](C)n2cccn2)cc1. The van der Waals surface area contributed by atoms with Gasteiger partial charge in [-0.15, -0.1) is 0 Å². The van der Waals surface area contributed by atoms with Crippen molar-refractivity contribution in [3.63, 3.8) is 0 Å². The lowest BCUT2D eigenvalue weighted by Gasteiger charge is -2.13. The highest BCUT2D eigenvalue weighted by molar-refractivity contribution is 5.90. The smallest absolute Gasteiger partial charge is 0.226 e. The number of amides is 1. The topological polar surface area (TPSA) is 46.9 Å². The van der Waals surface area contributed by atoms with Gasteiger partial charge >= 0.3 is 0 Å². The van der Waals surface area contributed by atoms with Gasteiger partial charge in [0.15, 0.2) is 0 Å². The molecule has 0 aliphatic rings. The van der Waals surface area contributed by atoms with E-state index in [1.54, 1.807) is 10.9 Å². The molecule has 2 rings (SSSR count). The van der Waals surface area contributed by atoms with Crippen LogP contribution in [0.15, 0.2) is 42.7 Å². The standard InChI is InChI=1S/C16H21N3O/c1-12(2)14-5-7-15(8-6-14)18-16(20)11-13(3)19-10-4-9-17-19/h4-10,12-13H,11H2,1-3H3,(H,18,20)/t13-/m1/s1. The molecule has 4 nitrogen and oxygen atoms in total. The maximum atomic E-state index is 12.0. The van der Waals surface area contributed by atoms with Crippen LogP contribution in [0, 0.1) is 0 Å². The summed E-state index contributed by atoms with van der Waals surface area (Å²) in [6.45, 7) is 6.28. The van der Waals surface area contributed by atoms with Gasteiger partial charge in [-0.25, -0.2) is 0 Å². The van der Waals surface area contributed by atoms with E-state index in [0.29, 0.717) is 12.3 Å². The van der Waals surface area contributed by atoms with Crippen molar-refractivity contribution >= 4 is 11.6 Å². The molecule has 2 aromatic rings. The molecule has 1 aromatic heterocycles. The van der Waals surface area contributed by atoms with Crippen LogP contribution in [-0.2, 0) is 4.79 Å². The minimum Gasteiger partial charge on any atom is -0.326 e. The molecule has 0 fully saturated rings. The number of carbonyl (C=O) groups excluding carboxylic acids is 1. The monoisotopic (exact) mass is 271 g/mol. The Morgan fingerprint density at radius 2 is 1.95 bits per heavy atom. The van der Waals surface area contributed by atoms with Crippen LogP contribution in [0.1, 0.15) is 44.7 Å². The van der Waals surface area contributed by atoms with Crippen molar-refractivity contribution in [2.75, 3.05) is 5.32 Å². The number of aromatic nitrogens is 2. The molecule has 0 aliphatic carbocycles. The predicted molar refractivity (Wildman–Crippen MR) is 80.7 cm³/mol. The number of hydrogen-bond donors (Lipinski definition) is 1. The molecule has 0 bridgehead atoms. The number of hydrogen-bond acceptors (Lipinski definition) is 2. The summed E-state index contributed by atoms with van der Waals surface area (Å²) in [6, 6.07) is 9.92. The Kier molecular flexibility index (Phi) is 4.56. The van der Waals surface area contributed by atoms with E-state index in [0.717, 1.165) is 5.69 Å². The molecule has 1 N–H and O–H groups in total. The molecule has 0 radical (unpaired) electrons. The highest BCUT2D eigenvalue weighted by Gasteiger charge is 2.11. The van der Waals surface area contributed by atoms with Crippen LogP contribution in [0.5, 0.6) is 0 Å². The molecule has 1 heterocycles. The van der Waals surface area contributed by atoms with Gasteiger partial charge in [0.05, 0.1) is 6.04 Å². The van der Waals surface area contributed by atoms with Crippen molar-refractivity contribution in [3.8, 4) is 0 Å². The second-order valence-electron chi connectivity index (χ2n) is 5.36. The quantitative estimate of drug-likeness (QED) is 0.903. The summed E-state index contributed by atoms with van der Waals surface area (Å²) in [5, 5.41) is 7.06. The second kappa shape index (κ2) is 6.37. The van der Waals surface area contributed by atoms with Crippen LogP contribution >= 0.6 is 0 Å². The average Bonchev–Trinajstić information content (AvgIpc) is 2.93. The summed E-state index contributed by atoms with van der Waals surface area (Å²) in [7, 11) is 0. The molecule has 0 saturated carbocycles. The van der Waals surface area contributed by atoms with E-state index in [1.807, 2.05) is 31.3 Å². The van der Waals surface area contributed by atoms with E-state index in [1.165, 1.54) is 5.56 Å². The van der Waals surface area contributed by atoms with E-state index in [4.69, 9.17) is 0 Å². The van der Waals surface area contributed by atoms with Gasteiger partial charge in [0, 0.05) is 24.5 Å². The van der Waals surface area contributed by atoms with Crippen molar-refractivity contribution in [1.29, 1.82) is 0 Å². The normalized spacial score (nSPS) is 12.4. The Bertz CT molecular complexity index is 544. The summed E-state index contributed by atoms with van der Waals surface area (Å²) in [5.41, 5.74) is 2.11. The molecular weight excluding hydrogens is 250 g/mol. The largest absolute Gasteiger partial charge is 0.326 e. The maximum Gasteiger partial charge on any atom is 0.226 e. The number of anilines is 1. The van der Waals surface area contributed by atoms with Crippen LogP contribution in [0.4, 0.5) is 5.69 Å². The number of carbonyl (C=O) groups is 1. The van der Waals surface area contributed by atoms with Crippen molar-refractivity contribution < 1.29 is 4.79 Å². The molecule has 1 atom stereocenters. The van der Waals surface area contributed by atoms with E-state index in [2.05, 4.69) is 36.4 Å². The van der Waals surface area contributed by atoms with Gasteiger partial charge in [-0.05, 0) is 36.6 Å². The molecule has 0 spiro atoms. The molecule has 0 aliphatic heterocycles. The number of benzene rings is 1. The van der Waals surface area contributed by atoms with Gasteiger partial charge in [0.1, 0.15) is 0 Å². The minimum absolute atomic E-state index is 0.00490. The van der Waals surface area contributed by atoms with Crippen LogP contribution in [0.2, 0.25) is 0 Å². The van der Waals surface area contributed by atoms with Crippen molar-refractivity contribution in [2.45, 2.75) is 39.2 Å². The summed E-state index contributed by atoms with van der Waals surface area (Å²) in [4.78, 5) is 12.0. The third-order valence-corrected chi connectivity index (χ3v) is 3.32. The zero-order valence-corrected chi connectivity index (χ0v) is 12.2. The van der Waals surface area contributed by atoms with E-state index in [-0.39, 0.29) is 11.9 Å². The highest BCUT2D eigenvalue weighted by atomic mass is 16.1. The number of nitrogens with zero attached hydrogens (tertiary/aromatic N) is 2. The first-order chi connectivity index (χ1) is 9.56. The first-order valence-corrected chi connectivity index (χ1v) is 6.95. The number of nitrogens with one attached hydrogen (secondary N) is 1. The van der Waals surface area contributed by atoms with Gasteiger partial charge in [-0.2, -0.15) is 5.10 Å². The van der Waals surface area contributed by atoms with Gasteiger partial charge in [0.25, 0.3) is 0 Å². The Balaban J connectivity index is 1.91. The van der Waals surface area contributed by atoms with Gasteiger partial charge < -0.3 is 5.32 Å². The van der Waals surface area contributed by atoms with Crippen LogP contribution in [-0.4, -0.2) is 15.7 Å². The zero-order valence-electron chi connectivity index (χ0n) is 12.2. The van der Waals surface area contributed by atoms with Gasteiger partial charge in [-0.3, -0.25) is 9.48 Å². The molecule has 0 unspecified atom stereocenters. The highest BCUT2D eigenvalue weighted by Crippen LogP contribution is 2.18. The van der Waals surface area contributed by atoms with E-state index in [9.17, 15) is 4.79 Å². The summed E-state index contributed by atoms with van der Waals surface area (Å²) in [6.07, 6.45) is 4.00. The molecule has 20 heavy (non-hydrogen) atoms. The first-order valence-electron chi connectivity index (χ1n) is 6.95. The molecule has 1 amide bonds. The fraction of sp³-hybridized carbons (Fsp3) is 0.375. The first kappa shape index (κ1) is 14.3. The maximum absolute atomic E-state index is 12.0. The van der Waals surface area contributed by atoms with Gasteiger partial charge in [0.2, 0.25) is 5.91 Å². The van der Waals surface area contributed by atoms with E-state index >= 15 is 0 Å². The minimum atomic E-state index is 0.00490. The lowest BCUT2D eigenvalue weighted by Crippen LogP contribution is -2.17. The lowest BCUT2D eigenvalue weighted by atomic mass is 10.0. The lowest BCUT2D eigenvalue weighted by molar-refractivity contribution is -0.116. The van der Waals surface area contributed by atoms with Crippen molar-refractivity contribution in [3.05, 3.63) is 48.3 Å². The molecule has 0 saturated heterocycles. The third-order valence-electron chi connectivity index (χ3n) is 3.32.